The zero-order valence-electron chi connectivity index (χ0n) is 76.1. The summed E-state index contributed by atoms with van der Waals surface area (Å²) in [4.78, 5) is 0. The number of hydrogen-bond acceptors (Lipinski definition) is 0. The summed E-state index contributed by atoms with van der Waals surface area (Å²) >= 11 is 0. The summed E-state index contributed by atoms with van der Waals surface area (Å²) in [6, 6.07) is 0. The summed E-state index contributed by atoms with van der Waals surface area (Å²) in [7, 11) is 0. The SMILES string of the molecule is CC(C)CCC[C@@H](C)[C@H]1CC[C@H]2[C@@H]3CCC4CCCC[C@]4(C)[C@H]3CC[C@]12C.CCC[C@@H](C)[C@H]1CC[C@H]2[C@@H]3CCC4CCCC[C@]4(C)[C@H]3CC[C@]12C.CC[C@H]1CC[C@H]2[C@@H]3CCC4CCCC[C@]4(C)[C@H]3CC[C@]12C.C[C@@]12CCC[C@H]1[C@@H]1CCC3CCCC[C@@H]3[C@H]1CC2.C[C@@]12CCC[C@H]1[C@@H]1CCC3CCCC[C@]3(C)[C@H]1CC2. The van der Waals surface area contributed by atoms with Gasteiger partial charge in [0.2, 0.25) is 0 Å². The summed E-state index contributed by atoms with van der Waals surface area (Å²) in [5.74, 6) is 29.0. The maximum Gasteiger partial charge on any atom is -0.0264 e. The third-order valence-electron chi connectivity index (χ3n) is 46.2. The maximum absolute atomic E-state index is 2.75. The van der Waals surface area contributed by atoms with Crippen LogP contribution in [0.25, 0.3) is 0 Å². The van der Waals surface area contributed by atoms with Gasteiger partial charge in [0.15, 0.2) is 0 Å². The van der Waals surface area contributed by atoms with Gasteiger partial charge in [0, 0.05) is 0 Å². The van der Waals surface area contributed by atoms with E-state index < -0.39 is 0 Å². The summed E-state index contributed by atoms with van der Waals surface area (Å²) < 4.78 is 0. The van der Waals surface area contributed by atoms with Crippen LogP contribution in [0.3, 0.4) is 0 Å². The molecule has 0 bridgehead atoms. The third kappa shape index (κ3) is 14.8. The largest absolute Gasteiger partial charge is 0.0654 e. The minimum atomic E-state index is 0.677. The van der Waals surface area contributed by atoms with Gasteiger partial charge < -0.3 is 0 Å². The summed E-state index contributed by atoms with van der Waals surface area (Å²) in [5.41, 5.74) is 6.50. The quantitative estimate of drug-likeness (QED) is 0.216. The van der Waals surface area contributed by atoms with E-state index in [4.69, 9.17) is 0 Å². The second-order valence-electron chi connectivity index (χ2n) is 50.3. The number of rotatable bonds is 9. The molecule has 0 N–H and O–H groups in total. The van der Waals surface area contributed by atoms with Crippen LogP contribution in [-0.4, -0.2) is 0 Å². The Morgan fingerprint density at radius 3 is 1.07 bits per heavy atom. The van der Waals surface area contributed by atoms with Crippen LogP contribution >= 0.6 is 0 Å². The van der Waals surface area contributed by atoms with Crippen LogP contribution in [0.2, 0.25) is 0 Å². The number of hydrogen-bond donors (Lipinski definition) is 0. The van der Waals surface area contributed by atoms with Gasteiger partial charge >= 0.3 is 0 Å². The molecule has 0 aromatic rings. The minimum absolute atomic E-state index is 0.677. The van der Waals surface area contributed by atoms with E-state index in [2.05, 4.69) is 104 Å². The normalized spacial score (nSPS) is 53.4. The predicted molar refractivity (Wildman–Crippen MR) is 469 cm³/mol. The molecule has 0 aromatic heterocycles. The summed E-state index contributed by atoms with van der Waals surface area (Å²) in [5, 5.41) is 0. The molecule has 0 aliphatic heterocycles. The molecule has 20 fully saturated rings. The van der Waals surface area contributed by atoms with Crippen molar-refractivity contribution in [1.29, 1.82) is 0 Å². The van der Waals surface area contributed by atoms with Gasteiger partial charge in [-0.25, -0.2) is 0 Å². The lowest BCUT2D eigenvalue weighted by Crippen LogP contribution is -2.53. The molecule has 35 atom stereocenters. The first kappa shape index (κ1) is 82.7. The molecule has 0 aromatic carbocycles. The molecule has 109 heavy (non-hydrogen) atoms. The van der Waals surface area contributed by atoms with E-state index in [0.29, 0.717) is 21.7 Å². The molecule has 0 nitrogen and oxygen atoms in total. The second-order valence-corrected chi connectivity index (χ2v) is 50.3. The van der Waals surface area contributed by atoms with Crippen LogP contribution in [0.4, 0.5) is 0 Å². The molecule has 0 amide bonds. The highest BCUT2D eigenvalue weighted by Crippen LogP contribution is 2.74. The molecule has 0 radical (unpaired) electrons. The average molecular weight is 1500 g/mol. The fourth-order valence-corrected chi connectivity index (χ4v) is 40.4. The van der Waals surface area contributed by atoms with Crippen molar-refractivity contribution in [3.63, 3.8) is 0 Å². The standard InChI is InChI=1S/C27H48.C24H42.C21H36.C19H32.C18H30/c1-19(2)9-8-10-20(3)23-14-15-24-22-13-12-21-11-6-7-17-26(21,4)25(22)16-18-27(23,24)5;1-5-8-17(2)20-12-13-21-19-11-10-18-9-6-7-15-23(18,3)22(19)14-16-24(20,21)4;1-4-15-9-11-18-17-10-8-16-7-5-6-13-20(16,2)19(17)12-14-21(15,18)3;1-18-11-5-7-16(18)15-9-8-14-6-3-4-12-19(14,2)17(15)10-13-18;1-18-11-4-7-17(18)16-9-8-13-5-2-3-6-14(13)15(16)10-12-18/h19-25H,6-18H2,1-5H3;17-22H,5-16H2,1-4H3;15-19H,4-14H2,1-3H3;14-17H,3-13H2,1-2H3;13-17H,2-12H2,1H3/t20-,21?,22+,23-,24+,25+,26+,27-;17-,18?,19+,20-,21+,22+,23+,24-;15-,16?,17-,18-,19-,20-,21+;14?,15-,16-,17-,18-,19-;13?,14-,15+,16+,17-,18-/m11000/s1. The van der Waals surface area contributed by atoms with Crippen molar-refractivity contribution in [2.24, 2.45) is 209 Å². The first-order chi connectivity index (χ1) is 52.4. The Hall–Kier alpha value is 0. The van der Waals surface area contributed by atoms with E-state index >= 15 is 0 Å². The van der Waals surface area contributed by atoms with Crippen LogP contribution in [0.15, 0.2) is 0 Å². The molecule has 20 saturated carbocycles. The molecule has 5 unspecified atom stereocenters. The van der Waals surface area contributed by atoms with Gasteiger partial charge in [-0.05, 0) is 459 Å². The van der Waals surface area contributed by atoms with Gasteiger partial charge in [0.05, 0.1) is 0 Å². The monoisotopic (exact) mass is 1500 g/mol. The van der Waals surface area contributed by atoms with Gasteiger partial charge in [-0.2, -0.15) is 0 Å². The fraction of sp³-hybridized carbons (Fsp3) is 1.00. The van der Waals surface area contributed by atoms with E-state index in [1.807, 2.05) is 0 Å². The topological polar surface area (TPSA) is 0 Å². The molecular weight excluding hydrogens is 1310 g/mol. The predicted octanol–water partition coefficient (Wildman–Crippen LogP) is 33.6. The van der Waals surface area contributed by atoms with E-state index in [1.54, 1.807) is 276 Å². The lowest BCUT2D eigenvalue weighted by atomic mass is 9.44. The zero-order valence-corrected chi connectivity index (χ0v) is 76.1. The second kappa shape index (κ2) is 33.2. The lowest BCUT2D eigenvalue weighted by molar-refractivity contribution is -0.114. The Bertz CT molecular complexity index is 2930. The Balaban J connectivity index is 0.000000104. The smallest absolute Gasteiger partial charge is 0.0264 e. The molecular formula is C109H188. The van der Waals surface area contributed by atoms with Crippen LogP contribution < -0.4 is 0 Å². The minimum Gasteiger partial charge on any atom is -0.0654 e. The van der Waals surface area contributed by atoms with Gasteiger partial charge in [-0.3, -0.25) is 0 Å². The molecule has 20 aliphatic rings. The highest BCUT2D eigenvalue weighted by Gasteiger charge is 2.65. The zero-order chi connectivity index (χ0) is 76.1. The van der Waals surface area contributed by atoms with E-state index in [-0.39, 0.29) is 0 Å². The van der Waals surface area contributed by atoms with E-state index in [0.717, 1.165) is 187 Å². The Labute approximate surface area is 680 Å². The Kier molecular flexibility index (Phi) is 25.2. The maximum atomic E-state index is 2.75. The Morgan fingerprint density at radius 2 is 0.615 bits per heavy atom. The van der Waals surface area contributed by atoms with Gasteiger partial charge in [-0.15, -0.1) is 0 Å². The molecule has 624 valence electrons. The summed E-state index contributed by atoms with van der Waals surface area (Å²) in [6.45, 7) is 39.1. The molecule has 0 saturated heterocycles. The van der Waals surface area contributed by atoms with Crippen LogP contribution in [0, 0.1) is 209 Å². The first-order valence-electron chi connectivity index (χ1n) is 52.4. The number of fused-ring (bicyclic) bond motifs is 25. The average Bonchev–Trinajstić information content (AvgIpc) is 1.70. The Morgan fingerprint density at radius 1 is 0.239 bits per heavy atom. The third-order valence-corrected chi connectivity index (χ3v) is 46.2. The molecule has 20 rings (SSSR count). The van der Waals surface area contributed by atoms with Gasteiger partial charge in [-0.1, -0.05) is 226 Å². The van der Waals surface area contributed by atoms with Crippen molar-refractivity contribution in [3.05, 3.63) is 0 Å². The fourth-order valence-electron chi connectivity index (χ4n) is 40.4. The highest BCUT2D eigenvalue weighted by molar-refractivity contribution is 5.14. The van der Waals surface area contributed by atoms with Crippen molar-refractivity contribution < 1.29 is 0 Å². The van der Waals surface area contributed by atoms with Gasteiger partial charge in [0.25, 0.3) is 0 Å². The van der Waals surface area contributed by atoms with E-state index in [1.165, 1.54) is 96.3 Å². The van der Waals surface area contributed by atoms with Crippen LogP contribution in [0.1, 0.15) is 476 Å². The lowest BCUT2D eigenvalue weighted by Gasteiger charge is -2.61. The van der Waals surface area contributed by atoms with Crippen molar-refractivity contribution in [3.8, 4) is 0 Å². The highest BCUT2D eigenvalue weighted by atomic mass is 14.7. The van der Waals surface area contributed by atoms with Crippen LogP contribution in [-0.2, 0) is 0 Å². The molecule has 0 heteroatoms. The van der Waals surface area contributed by atoms with E-state index in [9.17, 15) is 0 Å². The summed E-state index contributed by atoms with van der Waals surface area (Å²) in [6.07, 6.45) is 89.7. The van der Waals surface area contributed by atoms with Gasteiger partial charge in [0.1, 0.15) is 0 Å². The van der Waals surface area contributed by atoms with Crippen molar-refractivity contribution in [2.75, 3.05) is 0 Å². The molecule has 20 aliphatic carbocycles. The van der Waals surface area contributed by atoms with Crippen molar-refractivity contribution >= 4 is 0 Å². The van der Waals surface area contributed by atoms with Crippen molar-refractivity contribution in [1.82, 2.24) is 0 Å². The van der Waals surface area contributed by atoms with Crippen molar-refractivity contribution in [2.45, 2.75) is 476 Å². The molecule has 0 heterocycles. The first-order valence-corrected chi connectivity index (χ1v) is 52.4. The van der Waals surface area contributed by atoms with Crippen LogP contribution in [0.5, 0.6) is 0 Å². The molecule has 0 spiro atoms.